The van der Waals surface area contributed by atoms with Crippen molar-refractivity contribution in [3.63, 3.8) is 0 Å². The van der Waals surface area contributed by atoms with E-state index in [1.54, 1.807) is 0 Å². The number of aliphatic carboxylic acids is 1. The molecule has 0 bridgehead atoms. The summed E-state index contributed by atoms with van der Waals surface area (Å²) in [5.41, 5.74) is -0.385. The van der Waals surface area contributed by atoms with E-state index in [0.717, 1.165) is 25.7 Å². The third-order valence-corrected chi connectivity index (χ3v) is 2.83. The molecule has 0 spiro atoms. The lowest BCUT2D eigenvalue weighted by molar-refractivity contribution is -0.142. The fourth-order valence-electron chi connectivity index (χ4n) is 1.93. The van der Waals surface area contributed by atoms with Crippen molar-refractivity contribution in [2.24, 2.45) is 5.41 Å². The SMILES string of the molecule is CC1(CC(=O)O)CCCCC1O. The molecule has 2 N–H and O–H groups in total. The molecule has 0 aromatic rings. The maximum atomic E-state index is 10.5. The van der Waals surface area contributed by atoms with Gasteiger partial charge >= 0.3 is 5.97 Å². The lowest BCUT2D eigenvalue weighted by atomic mass is 9.71. The Labute approximate surface area is 72.4 Å². The van der Waals surface area contributed by atoms with E-state index in [1.807, 2.05) is 6.92 Å². The minimum absolute atomic E-state index is 0.0914. The number of carboxylic acid groups (broad SMARTS) is 1. The highest BCUT2D eigenvalue weighted by Gasteiger charge is 2.37. The molecule has 1 aliphatic carbocycles. The largest absolute Gasteiger partial charge is 0.481 e. The van der Waals surface area contributed by atoms with Crippen LogP contribution in [0.15, 0.2) is 0 Å². The molecule has 1 aliphatic rings. The molecular formula is C9H16O3. The Morgan fingerprint density at radius 1 is 1.58 bits per heavy atom. The predicted octanol–water partition coefficient (Wildman–Crippen LogP) is 1.40. The Morgan fingerprint density at radius 3 is 2.75 bits per heavy atom. The van der Waals surface area contributed by atoms with E-state index in [4.69, 9.17) is 5.11 Å². The highest BCUT2D eigenvalue weighted by molar-refractivity contribution is 5.67. The van der Waals surface area contributed by atoms with Crippen LogP contribution in [0.5, 0.6) is 0 Å². The number of rotatable bonds is 2. The van der Waals surface area contributed by atoms with Crippen LogP contribution < -0.4 is 0 Å². The minimum atomic E-state index is -0.807. The quantitative estimate of drug-likeness (QED) is 0.662. The van der Waals surface area contributed by atoms with E-state index < -0.39 is 12.1 Å². The monoisotopic (exact) mass is 172 g/mol. The van der Waals surface area contributed by atoms with E-state index in [9.17, 15) is 9.90 Å². The molecule has 70 valence electrons. The average Bonchev–Trinajstić information content (AvgIpc) is 1.94. The molecule has 0 saturated heterocycles. The number of aliphatic hydroxyl groups excluding tert-OH is 1. The van der Waals surface area contributed by atoms with Crippen LogP contribution >= 0.6 is 0 Å². The molecular weight excluding hydrogens is 156 g/mol. The molecule has 12 heavy (non-hydrogen) atoms. The Hall–Kier alpha value is -0.570. The van der Waals surface area contributed by atoms with Gasteiger partial charge in [-0.3, -0.25) is 4.79 Å². The molecule has 0 heterocycles. The Morgan fingerprint density at radius 2 is 2.25 bits per heavy atom. The van der Waals surface area contributed by atoms with Gasteiger partial charge in [0.25, 0.3) is 0 Å². The van der Waals surface area contributed by atoms with Gasteiger partial charge in [-0.05, 0) is 12.8 Å². The van der Waals surface area contributed by atoms with Crippen molar-refractivity contribution in [1.82, 2.24) is 0 Å². The Bertz CT molecular complexity index is 179. The van der Waals surface area contributed by atoms with Crippen molar-refractivity contribution in [2.75, 3.05) is 0 Å². The van der Waals surface area contributed by atoms with Crippen LogP contribution in [-0.2, 0) is 4.79 Å². The molecule has 2 atom stereocenters. The normalized spacial score (nSPS) is 36.3. The van der Waals surface area contributed by atoms with Gasteiger partial charge in [0.15, 0.2) is 0 Å². The van der Waals surface area contributed by atoms with Crippen molar-refractivity contribution in [1.29, 1.82) is 0 Å². The van der Waals surface area contributed by atoms with Gasteiger partial charge in [-0.15, -0.1) is 0 Å². The van der Waals surface area contributed by atoms with Gasteiger partial charge in [0.2, 0.25) is 0 Å². The molecule has 1 fully saturated rings. The van der Waals surface area contributed by atoms with Crippen molar-refractivity contribution in [3.8, 4) is 0 Å². The highest BCUT2D eigenvalue weighted by atomic mass is 16.4. The average molecular weight is 172 g/mol. The molecule has 0 amide bonds. The fourth-order valence-corrected chi connectivity index (χ4v) is 1.93. The first-order chi connectivity index (χ1) is 5.54. The van der Waals surface area contributed by atoms with Gasteiger partial charge in [0.05, 0.1) is 12.5 Å². The second-order valence-electron chi connectivity index (χ2n) is 3.99. The van der Waals surface area contributed by atoms with Gasteiger partial charge in [0.1, 0.15) is 0 Å². The van der Waals surface area contributed by atoms with Gasteiger partial charge in [0, 0.05) is 5.41 Å². The van der Waals surface area contributed by atoms with Crippen molar-refractivity contribution in [3.05, 3.63) is 0 Å². The lowest BCUT2D eigenvalue weighted by Crippen LogP contribution is -2.37. The van der Waals surface area contributed by atoms with Crippen LogP contribution in [0.4, 0.5) is 0 Å². The summed E-state index contributed by atoms with van der Waals surface area (Å²) in [6.45, 7) is 1.87. The van der Waals surface area contributed by atoms with E-state index in [2.05, 4.69) is 0 Å². The number of carbonyl (C=O) groups is 1. The Balaban J connectivity index is 2.59. The van der Waals surface area contributed by atoms with Crippen molar-refractivity contribution < 1.29 is 15.0 Å². The Kier molecular flexibility index (Phi) is 2.73. The number of carboxylic acids is 1. The summed E-state index contributed by atoms with van der Waals surface area (Å²) in [6, 6.07) is 0. The van der Waals surface area contributed by atoms with Crippen LogP contribution in [0.1, 0.15) is 39.0 Å². The van der Waals surface area contributed by atoms with Crippen molar-refractivity contribution >= 4 is 5.97 Å². The smallest absolute Gasteiger partial charge is 0.303 e. The van der Waals surface area contributed by atoms with E-state index in [1.165, 1.54) is 0 Å². The summed E-state index contributed by atoms with van der Waals surface area (Å²) in [6.07, 6.45) is 3.32. The number of aliphatic hydroxyl groups is 1. The minimum Gasteiger partial charge on any atom is -0.481 e. The van der Waals surface area contributed by atoms with E-state index in [-0.39, 0.29) is 11.8 Å². The summed E-state index contributed by atoms with van der Waals surface area (Å²) in [7, 11) is 0. The molecule has 3 nitrogen and oxygen atoms in total. The molecule has 0 aliphatic heterocycles. The number of hydrogen-bond donors (Lipinski definition) is 2. The zero-order valence-corrected chi connectivity index (χ0v) is 7.42. The first kappa shape index (κ1) is 9.52. The predicted molar refractivity (Wildman–Crippen MR) is 44.8 cm³/mol. The molecule has 3 heteroatoms. The lowest BCUT2D eigenvalue weighted by Gasteiger charge is -2.37. The maximum absolute atomic E-state index is 10.5. The van der Waals surface area contributed by atoms with Crippen LogP contribution in [0.25, 0.3) is 0 Å². The summed E-state index contributed by atoms with van der Waals surface area (Å²) in [4.78, 5) is 10.5. The third kappa shape index (κ3) is 1.97. The zero-order valence-electron chi connectivity index (χ0n) is 7.42. The van der Waals surface area contributed by atoms with Gasteiger partial charge in [-0.25, -0.2) is 0 Å². The van der Waals surface area contributed by atoms with Gasteiger partial charge in [-0.2, -0.15) is 0 Å². The molecule has 0 aromatic carbocycles. The zero-order chi connectivity index (χ0) is 9.19. The van der Waals surface area contributed by atoms with Crippen LogP contribution in [0, 0.1) is 5.41 Å². The fraction of sp³-hybridized carbons (Fsp3) is 0.889. The molecule has 1 saturated carbocycles. The van der Waals surface area contributed by atoms with E-state index in [0.29, 0.717) is 0 Å². The highest BCUT2D eigenvalue weighted by Crippen LogP contribution is 2.38. The van der Waals surface area contributed by atoms with Crippen LogP contribution in [0.3, 0.4) is 0 Å². The van der Waals surface area contributed by atoms with Crippen molar-refractivity contribution in [2.45, 2.75) is 45.1 Å². The molecule has 1 rings (SSSR count). The third-order valence-electron chi connectivity index (χ3n) is 2.83. The molecule has 0 aromatic heterocycles. The second-order valence-corrected chi connectivity index (χ2v) is 3.99. The standard InChI is InChI=1S/C9H16O3/c1-9(6-8(11)12)5-3-2-4-7(9)10/h7,10H,2-6H2,1H3,(H,11,12). The van der Waals surface area contributed by atoms with Gasteiger partial charge < -0.3 is 10.2 Å². The summed E-state index contributed by atoms with van der Waals surface area (Å²) in [5.74, 6) is -0.807. The van der Waals surface area contributed by atoms with Crippen LogP contribution in [-0.4, -0.2) is 22.3 Å². The first-order valence-corrected chi connectivity index (χ1v) is 4.44. The topological polar surface area (TPSA) is 57.5 Å². The molecule has 2 unspecified atom stereocenters. The summed E-state index contributed by atoms with van der Waals surface area (Å²) < 4.78 is 0. The molecule has 0 radical (unpaired) electrons. The maximum Gasteiger partial charge on any atom is 0.303 e. The second kappa shape index (κ2) is 3.44. The summed E-state index contributed by atoms with van der Waals surface area (Å²) in [5, 5.41) is 18.3. The van der Waals surface area contributed by atoms with Gasteiger partial charge in [-0.1, -0.05) is 19.8 Å². The number of hydrogen-bond acceptors (Lipinski definition) is 2. The van der Waals surface area contributed by atoms with Crippen LogP contribution in [0.2, 0.25) is 0 Å². The summed E-state index contributed by atoms with van der Waals surface area (Å²) >= 11 is 0. The van der Waals surface area contributed by atoms with E-state index >= 15 is 0 Å². The first-order valence-electron chi connectivity index (χ1n) is 4.44.